The highest BCUT2D eigenvalue weighted by Gasteiger charge is 2.52. The molecule has 6 heteroatoms. The Morgan fingerprint density at radius 2 is 2.04 bits per heavy atom. The summed E-state index contributed by atoms with van der Waals surface area (Å²) in [5.74, 6) is -1.63. The van der Waals surface area contributed by atoms with Gasteiger partial charge in [-0.05, 0) is 30.7 Å². The molecule has 3 rings (SSSR count). The Bertz CT molecular complexity index is 888. The molecule has 0 amide bonds. The Balaban J connectivity index is 1.88. The molecular formula is C20H18N2O4. The fourth-order valence-electron chi connectivity index (χ4n) is 3.00. The Morgan fingerprint density at radius 3 is 2.69 bits per heavy atom. The molecule has 2 atom stereocenters. The Hall–Kier alpha value is -3.17. The van der Waals surface area contributed by atoms with E-state index in [4.69, 9.17) is 20.5 Å². The second kappa shape index (κ2) is 6.98. The van der Waals surface area contributed by atoms with Crippen LogP contribution in [-0.2, 0) is 16.1 Å². The largest absolute Gasteiger partial charge is 0.474 e. The molecule has 2 aromatic carbocycles. The van der Waals surface area contributed by atoms with Crippen molar-refractivity contribution < 1.29 is 19.1 Å². The first-order valence-corrected chi connectivity index (χ1v) is 8.18. The summed E-state index contributed by atoms with van der Waals surface area (Å²) in [7, 11) is 0. The zero-order valence-electron chi connectivity index (χ0n) is 14.3. The molecule has 2 aromatic rings. The lowest BCUT2D eigenvalue weighted by atomic mass is 9.80. The quantitative estimate of drug-likeness (QED) is 0.848. The Labute approximate surface area is 151 Å². The van der Waals surface area contributed by atoms with Crippen LogP contribution in [0.4, 0.5) is 0 Å². The van der Waals surface area contributed by atoms with E-state index < -0.39 is 17.5 Å². The van der Waals surface area contributed by atoms with E-state index in [0.717, 1.165) is 5.56 Å². The van der Waals surface area contributed by atoms with Crippen molar-refractivity contribution in [3.05, 3.63) is 65.2 Å². The molecule has 0 bridgehead atoms. The van der Waals surface area contributed by atoms with Gasteiger partial charge in [0.1, 0.15) is 12.4 Å². The number of esters is 1. The fourth-order valence-corrected chi connectivity index (χ4v) is 3.00. The van der Waals surface area contributed by atoms with Crippen molar-refractivity contribution in [3.8, 4) is 11.8 Å². The number of rotatable bonds is 4. The predicted octanol–water partition coefficient (Wildman–Crippen LogP) is 2.21. The summed E-state index contributed by atoms with van der Waals surface area (Å²) in [5.41, 5.74) is 5.67. The molecule has 0 fully saturated rings. The van der Waals surface area contributed by atoms with Crippen molar-refractivity contribution >= 4 is 11.8 Å². The summed E-state index contributed by atoms with van der Waals surface area (Å²) < 4.78 is 11.2. The number of ketones is 1. The highest BCUT2D eigenvalue weighted by atomic mass is 16.6. The maximum absolute atomic E-state index is 12.8. The van der Waals surface area contributed by atoms with Crippen molar-refractivity contribution in [2.24, 2.45) is 11.7 Å². The lowest BCUT2D eigenvalue weighted by molar-refractivity contribution is -0.166. The third kappa shape index (κ3) is 3.05. The minimum absolute atomic E-state index is 0.0737. The second-order valence-corrected chi connectivity index (χ2v) is 6.25. The van der Waals surface area contributed by atoms with Crippen molar-refractivity contribution in [1.82, 2.24) is 0 Å². The van der Waals surface area contributed by atoms with Crippen molar-refractivity contribution in [1.29, 1.82) is 5.26 Å². The number of fused-ring (bicyclic) bond motifs is 1. The SMILES string of the molecule is CC1(C(=O)OCc2ccccc2)Oc2ccc(C#N)cc2C(=O)C1CN. The maximum atomic E-state index is 12.8. The molecule has 0 spiro atoms. The molecule has 2 N–H and O–H groups in total. The summed E-state index contributed by atoms with van der Waals surface area (Å²) in [6.07, 6.45) is 0. The predicted molar refractivity (Wildman–Crippen MR) is 93.3 cm³/mol. The molecule has 0 aliphatic carbocycles. The second-order valence-electron chi connectivity index (χ2n) is 6.25. The minimum Gasteiger partial charge on any atom is -0.474 e. The summed E-state index contributed by atoms with van der Waals surface area (Å²) in [5, 5.41) is 9.02. The van der Waals surface area contributed by atoms with E-state index in [2.05, 4.69) is 0 Å². The number of carbonyl (C=O) groups excluding carboxylic acids is 2. The van der Waals surface area contributed by atoms with E-state index in [9.17, 15) is 9.59 Å². The van der Waals surface area contributed by atoms with Crippen LogP contribution >= 0.6 is 0 Å². The number of carbonyl (C=O) groups is 2. The van der Waals surface area contributed by atoms with Crippen LogP contribution in [-0.4, -0.2) is 23.9 Å². The molecule has 26 heavy (non-hydrogen) atoms. The number of benzene rings is 2. The van der Waals surface area contributed by atoms with Gasteiger partial charge in [-0.2, -0.15) is 5.26 Å². The van der Waals surface area contributed by atoms with Crippen LogP contribution in [0.25, 0.3) is 0 Å². The first-order valence-electron chi connectivity index (χ1n) is 8.18. The van der Waals surface area contributed by atoms with Gasteiger partial charge >= 0.3 is 5.97 Å². The lowest BCUT2D eigenvalue weighted by Crippen LogP contribution is -2.57. The fraction of sp³-hybridized carbons (Fsp3) is 0.250. The zero-order chi connectivity index (χ0) is 18.7. The first kappa shape index (κ1) is 17.6. The average Bonchev–Trinajstić information content (AvgIpc) is 2.67. The topological polar surface area (TPSA) is 102 Å². The first-order chi connectivity index (χ1) is 12.5. The summed E-state index contributed by atoms with van der Waals surface area (Å²) in [6.45, 7) is 1.51. The van der Waals surface area contributed by atoms with Gasteiger partial charge in [-0.1, -0.05) is 30.3 Å². The molecule has 0 saturated carbocycles. The molecule has 6 nitrogen and oxygen atoms in total. The molecule has 0 saturated heterocycles. The number of nitriles is 1. The van der Waals surface area contributed by atoms with Crippen LogP contribution in [0.1, 0.15) is 28.4 Å². The van der Waals surface area contributed by atoms with Crippen LogP contribution in [0.5, 0.6) is 5.75 Å². The summed E-state index contributed by atoms with van der Waals surface area (Å²) in [6, 6.07) is 15.7. The zero-order valence-corrected chi connectivity index (χ0v) is 14.3. The third-order valence-corrected chi connectivity index (χ3v) is 4.53. The summed E-state index contributed by atoms with van der Waals surface area (Å²) in [4.78, 5) is 25.6. The monoisotopic (exact) mass is 350 g/mol. The van der Waals surface area contributed by atoms with Crippen LogP contribution < -0.4 is 10.5 Å². The van der Waals surface area contributed by atoms with Gasteiger partial charge in [0.05, 0.1) is 23.1 Å². The molecule has 132 valence electrons. The third-order valence-electron chi connectivity index (χ3n) is 4.53. The number of nitrogens with two attached hydrogens (primary N) is 1. The van der Waals surface area contributed by atoms with Gasteiger partial charge in [-0.15, -0.1) is 0 Å². The van der Waals surface area contributed by atoms with E-state index in [1.165, 1.54) is 25.1 Å². The van der Waals surface area contributed by atoms with Crippen molar-refractivity contribution in [2.45, 2.75) is 19.1 Å². The van der Waals surface area contributed by atoms with Crippen LogP contribution in [0.2, 0.25) is 0 Å². The van der Waals surface area contributed by atoms with Gasteiger partial charge in [-0.3, -0.25) is 4.79 Å². The number of ether oxygens (including phenoxy) is 2. The van der Waals surface area contributed by atoms with E-state index >= 15 is 0 Å². The van der Waals surface area contributed by atoms with Crippen molar-refractivity contribution in [2.75, 3.05) is 6.54 Å². The Kier molecular flexibility index (Phi) is 4.74. The van der Waals surface area contributed by atoms with Crippen molar-refractivity contribution in [3.63, 3.8) is 0 Å². The van der Waals surface area contributed by atoms with Gasteiger partial charge in [-0.25, -0.2) is 4.79 Å². The van der Waals surface area contributed by atoms with Gasteiger partial charge < -0.3 is 15.2 Å². The highest BCUT2D eigenvalue weighted by molar-refractivity contribution is 6.05. The molecule has 0 aromatic heterocycles. The van der Waals surface area contributed by atoms with Crippen LogP contribution in [0.15, 0.2) is 48.5 Å². The normalized spacial score (nSPS) is 21.3. The van der Waals surface area contributed by atoms with E-state index in [-0.39, 0.29) is 30.2 Å². The number of hydrogen-bond donors (Lipinski definition) is 1. The van der Waals surface area contributed by atoms with Gasteiger partial charge in [0, 0.05) is 6.54 Å². The molecule has 2 unspecified atom stereocenters. The molecule has 0 radical (unpaired) electrons. The number of nitrogens with zero attached hydrogens (tertiary/aromatic N) is 1. The molecule has 1 aliphatic rings. The lowest BCUT2D eigenvalue weighted by Gasteiger charge is -2.38. The minimum atomic E-state index is -1.53. The van der Waals surface area contributed by atoms with Crippen LogP contribution in [0.3, 0.4) is 0 Å². The summed E-state index contributed by atoms with van der Waals surface area (Å²) >= 11 is 0. The number of hydrogen-bond acceptors (Lipinski definition) is 6. The number of Topliss-reactive ketones (excluding diaryl/α,β-unsaturated/α-hetero) is 1. The maximum Gasteiger partial charge on any atom is 0.351 e. The standard InChI is InChI=1S/C20H18N2O4/c1-20(19(24)25-12-13-5-3-2-4-6-13)16(11-22)18(23)15-9-14(10-21)7-8-17(15)26-20/h2-9,16H,11-12,22H2,1H3. The van der Waals surface area contributed by atoms with E-state index in [1.807, 2.05) is 36.4 Å². The molecule has 1 aliphatic heterocycles. The van der Waals surface area contributed by atoms with E-state index in [0.29, 0.717) is 5.56 Å². The molecular weight excluding hydrogens is 332 g/mol. The smallest absolute Gasteiger partial charge is 0.351 e. The Morgan fingerprint density at radius 1 is 1.31 bits per heavy atom. The average molecular weight is 350 g/mol. The van der Waals surface area contributed by atoms with Gasteiger partial charge in [0.15, 0.2) is 5.78 Å². The highest BCUT2D eigenvalue weighted by Crippen LogP contribution is 2.38. The molecule has 1 heterocycles. The van der Waals surface area contributed by atoms with Gasteiger partial charge in [0.2, 0.25) is 5.60 Å². The van der Waals surface area contributed by atoms with Gasteiger partial charge in [0.25, 0.3) is 0 Å². The van der Waals surface area contributed by atoms with Crippen LogP contribution in [0, 0.1) is 17.2 Å². The van der Waals surface area contributed by atoms with E-state index in [1.54, 1.807) is 0 Å².